The molecule has 1 aromatic rings. The molecule has 0 saturated carbocycles. The molecule has 0 atom stereocenters. The number of ether oxygens (including phenoxy) is 2. The molecule has 0 spiro atoms. The Morgan fingerprint density at radius 3 is 2.57 bits per heavy atom. The molecule has 21 heavy (non-hydrogen) atoms. The lowest BCUT2D eigenvalue weighted by molar-refractivity contribution is -0.274. The molecular weight excluding hydrogens is 283 g/mol. The molecule has 0 saturated heterocycles. The van der Waals surface area contributed by atoms with Crippen LogP contribution < -0.4 is 10.1 Å². The van der Waals surface area contributed by atoms with Gasteiger partial charge in [0.1, 0.15) is 5.75 Å². The lowest BCUT2D eigenvalue weighted by Crippen LogP contribution is -2.21. The summed E-state index contributed by atoms with van der Waals surface area (Å²) in [7, 11) is 0. The van der Waals surface area contributed by atoms with E-state index in [2.05, 4.69) is 23.9 Å². The Morgan fingerprint density at radius 2 is 1.90 bits per heavy atom. The molecule has 1 rings (SSSR count). The first kappa shape index (κ1) is 17.8. The van der Waals surface area contributed by atoms with E-state index in [0.29, 0.717) is 31.2 Å². The Morgan fingerprint density at radius 1 is 1.19 bits per heavy atom. The van der Waals surface area contributed by atoms with Crippen LogP contribution in [0, 0.1) is 5.92 Å². The number of hydrogen-bond acceptors (Lipinski definition) is 3. The highest BCUT2D eigenvalue weighted by molar-refractivity contribution is 5.33. The number of halogens is 3. The molecule has 120 valence electrons. The summed E-state index contributed by atoms with van der Waals surface area (Å²) in [5.41, 5.74) is 0.484. The molecule has 0 bridgehead atoms. The largest absolute Gasteiger partial charge is 0.573 e. The number of rotatable bonds is 9. The maximum atomic E-state index is 12.3. The second kappa shape index (κ2) is 8.89. The second-order valence-corrected chi connectivity index (χ2v) is 5.15. The molecule has 6 heteroatoms. The fourth-order valence-corrected chi connectivity index (χ4v) is 1.72. The van der Waals surface area contributed by atoms with Crippen LogP contribution in [-0.2, 0) is 11.3 Å². The maximum absolute atomic E-state index is 12.3. The topological polar surface area (TPSA) is 30.5 Å². The molecule has 0 unspecified atom stereocenters. The van der Waals surface area contributed by atoms with Gasteiger partial charge in [-0.2, -0.15) is 0 Å². The zero-order valence-electron chi connectivity index (χ0n) is 12.4. The quantitative estimate of drug-likeness (QED) is 0.705. The van der Waals surface area contributed by atoms with Crippen molar-refractivity contribution in [3.05, 3.63) is 29.8 Å². The van der Waals surface area contributed by atoms with Gasteiger partial charge >= 0.3 is 6.36 Å². The molecule has 0 aliphatic heterocycles. The Balaban J connectivity index is 2.29. The molecule has 0 heterocycles. The van der Waals surface area contributed by atoms with Crippen molar-refractivity contribution in [3.63, 3.8) is 0 Å². The number of nitrogens with one attached hydrogen (secondary N) is 1. The minimum absolute atomic E-state index is 0.159. The molecule has 1 aromatic carbocycles. The van der Waals surface area contributed by atoms with Crippen molar-refractivity contribution in [1.29, 1.82) is 0 Å². The van der Waals surface area contributed by atoms with E-state index in [1.54, 1.807) is 12.1 Å². The number of hydrogen-bond donors (Lipinski definition) is 1. The summed E-state index contributed by atoms with van der Waals surface area (Å²) in [6, 6.07) is 6.13. The molecule has 0 aliphatic rings. The predicted octanol–water partition coefficient (Wildman–Crippen LogP) is 3.74. The van der Waals surface area contributed by atoms with Crippen molar-refractivity contribution in [3.8, 4) is 5.75 Å². The van der Waals surface area contributed by atoms with E-state index in [1.165, 1.54) is 12.1 Å². The number of para-hydroxylation sites is 1. The summed E-state index contributed by atoms with van der Waals surface area (Å²) in [6.07, 6.45) is -3.85. The number of benzene rings is 1. The van der Waals surface area contributed by atoms with Crippen molar-refractivity contribution in [2.45, 2.75) is 33.2 Å². The molecule has 1 N–H and O–H groups in total. The van der Waals surface area contributed by atoms with Crippen LogP contribution in [0.25, 0.3) is 0 Å². The van der Waals surface area contributed by atoms with E-state index in [0.717, 1.165) is 13.0 Å². The van der Waals surface area contributed by atoms with Gasteiger partial charge in [0, 0.05) is 25.3 Å². The minimum Gasteiger partial charge on any atom is -0.405 e. The third-order valence-electron chi connectivity index (χ3n) is 2.61. The van der Waals surface area contributed by atoms with Crippen LogP contribution in [0.15, 0.2) is 24.3 Å². The van der Waals surface area contributed by atoms with Gasteiger partial charge in [-0.3, -0.25) is 0 Å². The summed E-state index contributed by atoms with van der Waals surface area (Å²) >= 11 is 0. The Kier molecular flexibility index (Phi) is 7.53. The first-order chi connectivity index (χ1) is 9.88. The Hall–Kier alpha value is -1.27. The minimum atomic E-state index is -4.67. The highest BCUT2D eigenvalue weighted by atomic mass is 19.4. The van der Waals surface area contributed by atoms with Gasteiger partial charge in [0.25, 0.3) is 0 Å². The molecule has 0 fully saturated rings. The van der Waals surface area contributed by atoms with Gasteiger partial charge in [-0.1, -0.05) is 32.0 Å². The smallest absolute Gasteiger partial charge is 0.405 e. The van der Waals surface area contributed by atoms with Crippen LogP contribution in [0.2, 0.25) is 0 Å². The van der Waals surface area contributed by atoms with E-state index in [1.807, 2.05) is 0 Å². The van der Waals surface area contributed by atoms with Gasteiger partial charge < -0.3 is 14.8 Å². The molecule has 0 amide bonds. The molecule has 0 aromatic heterocycles. The van der Waals surface area contributed by atoms with Gasteiger partial charge in [0.05, 0.1) is 0 Å². The van der Waals surface area contributed by atoms with E-state index in [4.69, 9.17) is 4.74 Å². The monoisotopic (exact) mass is 305 g/mol. The van der Waals surface area contributed by atoms with E-state index < -0.39 is 6.36 Å². The van der Waals surface area contributed by atoms with Crippen molar-refractivity contribution in [2.24, 2.45) is 5.92 Å². The summed E-state index contributed by atoms with van der Waals surface area (Å²) in [6.45, 7) is 6.54. The first-order valence-corrected chi connectivity index (χ1v) is 7.00. The van der Waals surface area contributed by atoms with Crippen LogP contribution in [-0.4, -0.2) is 26.1 Å². The van der Waals surface area contributed by atoms with Crippen LogP contribution in [0.1, 0.15) is 25.8 Å². The first-order valence-electron chi connectivity index (χ1n) is 7.00. The third kappa shape index (κ3) is 8.57. The fourth-order valence-electron chi connectivity index (χ4n) is 1.72. The van der Waals surface area contributed by atoms with E-state index >= 15 is 0 Å². The van der Waals surface area contributed by atoms with Crippen molar-refractivity contribution >= 4 is 0 Å². The predicted molar refractivity (Wildman–Crippen MR) is 75.1 cm³/mol. The Bertz CT molecular complexity index is 408. The lowest BCUT2D eigenvalue weighted by Gasteiger charge is -2.13. The lowest BCUT2D eigenvalue weighted by atomic mass is 10.2. The number of alkyl halides is 3. The summed E-state index contributed by atoms with van der Waals surface area (Å²) in [5, 5.41) is 3.09. The Labute approximate surface area is 123 Å². The summed E-state index contributed by atoms with van der Waals surface area (Å²) in [5.74, 6) is 0.345. The van der Waals surface area contributed by atoms with Gasteiger partial charge in [-0.15, -0.1) is 13.2 Å². The highest BCUT2D eigenvalue weighted by Gasteiger charge is 2.31. The van der Waals surface area contributed by atoms with Crippen LogP contribution >= 0.6 is 0 Å². The molecular formula is C15H22F3NO2. The fraction of sp³-hybridized carbons (Fsp3) is 0.600. The molecule has 0 aliphatic carbocycles. The standard InChI is InChI=1S/C15H22F3NO2/c1-12(2)11-20-9-5-8-19-10-13-6-3-4-7-14(13)21-15(16,17)18/h3-4,6-7,12,19H,5,8-11H2,1-2H3. The SMILES string of the molecule is CC(C)COCCCNCc1ccccc1OC(F)(F)F. The van der Waals surface area contributed by atoms with E-state index in [-0.39, 0.29) is 5.75 Å². The zero-order valence-corrected chi connectivity index (χ0v) is 12.4. The average Bonchev–Trinajstić information content (AvgIpc) is 2.37. The molecule has 0 radical (unpaired) electrons. The highest BCUT2D eigenvalue weighted by Crippen LogP contribution is 2.25. The van der Waals surface area contributed by atoms with Crippen LogP contribution in [0.5, 0.6) is 5.75 Å². The molecule has 3 nitrogen and oxygen atoms in total. The van der Waals surface area contributed by atoms with Gasteiger partial charge in [-0.25, -0.2) is 0 Å². The van der Waals surface area contributed by atoms with Crippen LogP contribution in [0.4, 0.5) is 13.2 Å². The summed E-state index contributed by atoms with van der Waals surface area (Å²) in [4.78, 5) is 0. The van der Waals surface area contributed by atoms with Crippen molar-refractivity contribution in [1.82, 2.24) is 5.32 Å². The maximum Gasteiger partial charge on any atom is 0.573 e. The van der Waals surface area contributed by atoms with Gasteiger partial charge in [0.15, 0.2) is 0 Å². The second-order valence-electron chi connectivity index (χ2n) is 5.15. The van der Waals surface area contributed by atoms with Crippen molar-refractivity contribution < 1.29 is 22.6 Å². The van der Waals surface area contributed by atoms with Gasteiger partial charge in [-0.05, 0) is 24.9 Å². The summed E-state index contributed by atoms with van der Waals surface area (Å²) < 4.78 is 46.2. The van der Waals surface area contributed by atoms with Crippen LogP contribution in [0.3, 0.4) is 0 Å². The van der Waals surface area contributed by atoms with Crippen molar-refractivity contribution in [2.75, 3.05) is 19.8 Å². The normalized spacial score (nSPS) is 11.9. The average molecular weight is 305 g/mol. The third-order valence-corrected chi connectivity index (χ3v) is 2.61. The van der Waals surface area contributed by atoms with Gasteiger partial charge in [0.2, 0.25) is 0 Å². The zero-order chi connectivity index (χ0) is 15.7. The van der Waals surface area contributed by atoms with E-state index in [9.17, 15) is 13.2 Å².